The van der Waals surface area contributed by atoms with Crippen LogP contribution in [0.1, 0.15) is 5.69 Å². The van der Waals surface area contributed by atoms with Crippen molar-refractivity contribution in [3.8, 4) is 0 Å². The van der Waals surface area contributed by atoms with Gasteiger partial charge < -0.3 is 14.2 Å². The fourth-order valence-electron chi connectivity index (χ4n) is 1.77. The van der Waals surface area contributed by atoms with Gasteiger partial charge in [-0.05, 0) is 24.3 Å². The molecule has 20 heavy (non-hydrogen) atoms. The van der Waals surface area contributed by atoms with E-state index in [1.807, 2.05) is 24.4 Å². The van der Waals surface area contributed by atoms with Crippen molar-refractivity contribution < 1.29 is 18.1 Å². The third kappa shape index (κ3) is 7.13. The predicted octanol–water partition coefficient (Wildman–Crippen LogP) is 1.03. The minimum atomic E-state index is -3.67. The second-order valence-electron chi connectivity index (χ2n) is 4.32. The molecular formula is C13H20N2O4S. The number of nitrogens with zero attached hydrogens (tertiary/aromatic N) is 2. The van der Waals surface area contributed by atoms with Crippen molar-refractivity contribution in [2.45, 2.75) is 19.5 Å². The molecule has 0 aromatic carbocycles. The third-order valence-electron chi connectivity index (χ3n) is 2.56. The smallest absolute Gasteiger partial charge is 0.261 e. The average Bonchev–Trinajstić information content (AvgIpc) is 2.95. The zero-order chi connectivity index (χ0) is 15.0. The van der Waals surface area contributed by atoms with Gasteiger partial charge in [-0.3, -0.25) is 4.55 Å². The molecule has 6 nitrogen and oxygen atoms in total. The van der Waals surface area contributed by atoms with Gasteiger partial charge in [0, 0.05) is 43.8 Å². The molecule has 2 aromatic heterocycles. The molecule has 0 aliphatic carbocycles. The topological polar surface area (TPSA) is 84.5 Å². The highest BCUT2D eigenvalue weighted by molar-refractivity contribution is 7.85. The lowest BCUT2D eigenvalue weighted by Gasteiger charge is -2.07. The molecule has 0 fully saturated rings. The van der Waals surface area contributed by atoms with E-state index >= 15 is 0 Å². The van der Waals surface area contributed by atoms with Gasteiger partial charge in [-0.25, -0.2) is 0 Å². The summed E-state index contributed by atoms with van der Waals surface area (Å²) in [6.45, 7) is 1.88. The lowest BCUT2D eigenvalue weighted by molar-refractivity contribution is 0.274. The number of hydrogen-bond acceptors (Lipinski definition) is 3. The summed E-state index contributed by atoms with van der Waals surface area (Å²) in [7, 11) is -3.67. The molecule has 7 heteroatoms. The first-order valence-corrected chi connectivity index (χ1v) is 8.03. The maximum atomic E-state index is 9.19. The van der Waals surface area contributed by atoms with E-state index in [0.29, 0.717) is 12.8 Å². The molecule has 0 amide bonds. The summed E-state index contributed by atoms with van der Waals surface area (Å²) in [6.07, 6.45) is 7.87. The first kappa shape index (κ1) is 16.5. The monoisotopic (exact) mass is 300 g/mol. The zero-order valence-electron chi connectivity index (χ0n) is 11.4. The first-order valence-electron chi connectivity index (χ1n) is 6.18. The summed E-state index contributed by atoms with van der Waals surface area (Å²) in [5.74, 6) is 0. The highest BCUT2D eigenvalue weighted by atomic mass is 32.2. The zero-order valence-corrected chi connectivity index (χ0v) is 12.2. The number of aliphatic hydroxyl groups is 1. The summed E-state index contributed by atoms with van der Waals surface area (Å²) in [5, 5.41) is 8.89. The Bertz CT molecular complexity index is 580. The lowest BCUT2D eigenvalue weighted by atomic mass is 10.3. The number of aliphatic hydroxyl groups excluding tert-OH is 1. The Morgan fingerprint density at radius 2 is 1.70 bits per heavy atom. The van der Waals surface area contributed by atoms with Crippen LogP contribution in [0.15, 0.2) is 42.9 Å². The number of aromatic nitrogens is 2. The normalized spacial score (nSPS) is 10.9. The fourth-order valence-corrected chi connectivity index (χ4v) is 1.77. The van der Waals surface area contributed by atoms with E-state index in [1.165, 1.54) is 5.69 Å². The van der Waals surface area contributed by atoms with E-state index in [0.717, 1.165) is 13.0 Å². The van der Waals surface area contributed by atoms with Gasteiger partial charge in [0.15, 0.2) is 0 Å². The Morgan fingerprint density at radius 3 is 2.25 bits per heavy atom. The van der Waals surface area contributed by atoms with Crippen molar-refractivity contribution >= 4 is 10.1 Å². The van der Waals surface area contributed by atoms with Crippen LogP contribution in [-0.2, 0) is 29.6 Å². The molecular weight excluding hydrogens is 280 g/mol. The van der Waals surface area contributed by atoms with Gasteiger partial charge >= 0.3 is 0 Å². The molecule has 0 spiro atoms. The van der Waals surface area contributed by atoms with Gasteiger partial charge in [0.25, 0.3) is 10.1 Å². The van der Waals surface area contributed by atoms with Crippen molar-refractivity contribution in [1.29, 1.82) is 0 Å². The van der Waals surface area contributed by atoms with Crippen molar-refractivity contribution in [3.63, 3.8) is 0 Å². The fraction of sp³-hybridized carbons (Fsp3) is 0.385. The van der Waals surface area contributed by atoms with E-state index in [1.54, 1.807) is 0 Å². The van der Waals surface area contributed by atoms with Crippen molar-refractivity contribution in [1.82, 2.24) is 9.13 Å². The number of rotatable bonds is 5. The Balaban J connectivity index is 0.000000347. The van der Waals surface area contributed by atoms with Crippen LogP contribution >= 0.6 is 0 Å². The average molecular weight is 300 g/mol. The molecule has 0 aliphatic heterocycles. The highest BCUT2D eigenvalue weighted by Crippen LogP contribution is 2.05. The summed E-state index contributed by atoms with van der Waals surface area (Å²) >= 11 is 0. The van der Waals surface area contributed by atoms with Gasteiger partial charge in [0.05, 0.1) is 12.9 Å². The predicted molar refractivity (Wildman–Crippen MR) is 77.1 cm³/mol. The van der Waals surface area contributed by atoms with Crippen LogP contribution in [0, 0.1) is 0 Å². The maximum absolute atomic E-state index is 9.19. The van der Waals surface area contributed by atoms with E-state index in [9.17, 15) is 8.42 Å². The summed E-state index contributed by atoms with van der Waals surface area (Å²) < 4.78 is 30.1. The van der Waals surface area contributed by atoms with E-state index in [4.69, 9.17) is 9.66 Å². The molecule has 2 heterocycles. The first-order chi connectivity index (χ1) is 9.40. The van der Waals surface area contributed by atoms with Crippen LogP contribution in [0.4, 0.5) is 0 Å². The van der Waals surface area contributed by atoms with E-state index < -0.39 is 10.1 Å². The summed E-state index contributed by atoms with van der Waals surface area (Å²) in [5.41, 5.74) is 1.28. The van der Waals surface area contributed by atoms with Crippen molar-refractivity contribution in [2.75, 3.05) is 12.9 Å². The lowest BCUT2D eigenvalue weighted by Crippen LogP contribution is -2.07. The largest absolute Gasteiger partial charge is 0.395 e. The van der Waals surface area contributed by atoms with Gasteiger partial charge in [0.2, 0.25) is 0 Å². The molecule has 0 aliphatic rings. The van der Waals surface area contributed by atoms with Gasteiger partial charge in [0.1, 0.15) is 0 Å². The van der Waals surface area contributed by atoms with Crippen molar-refractivity contribution in [2.24, 2.45) is 0 Å². The number of hydrogen-bond donors (Lipinski definition) is 2. The van der Waals surface area contributed by atoms with E-state index in [-0.39, 0.29) is 6.61 Å². The van der Waals surface area contributed by atoms with Crippen LogP contribution in [0.3, 0.4) is 0 Å². The van der Waals surface area contributed by atoms with Crippen LogP contribution in [0.2, 0.25) is 0 Å². The van der Waals surface area contributed by atoms with Gasteiger partial charge in [-0.1, -0.05) is 0 Å². The minimum absolute atomic E-state index is 0.200. The highest BCUT2D eigenvalue weighted by Gasteiger charge is 2.00. The number of aryl methyl sites for hydroxylation is 2. The quantitative estimate of drug-likeness (QED) is 0.808. The van der Waals surface area contributed by atoms with Crippen LogP contribution in [0.25, 0.3) is 0 Å². The summed E-state index contributed by atoms with van der Waals surface area (Å²) in [4.78, 5) is 0. The van der Waals surface area contributed by atoms with Crippen LogP contribution < -0.4 is 0 Å². The molecule has 0 atom stereocenters. The Hall–Kier alpha value is -1.57. The molecule has 0 saturated carbocycles. The van der Waals surface area contributed by atoms with Crippen LogP contribution in [0.5, 0.6) is 0 Å². The maximum Gasteiger partial charge on any atom is 0.261 e. The minimum Gasteiger partial charge on any atom is -0.395 e. The molecule has 2 rings (SSSR count). The Labute approximate surface area is 119 Å². The molecule has 2 aromatic rings. The molecule has 2 N–H and O–H groups in total. The van der Waals surface area contributed by atoms with Crippen molar-refractivity contribution in [3.05, 3.63) is 48.5 Å². The Morgan fingerprint density at radius 1 is 1.10 bits per heavy atom. The SMILES string of the molecule is CS(=O)(=O)O.OCCn1cccc1CCn1cccc1. The molecule has 112 valence electrons. The second kappa shape index (κ2) is 7.88. The molecule has 0 bridgehead atoms. The van der Waals surface area contributed by atoms with E-state index in [2.05, 4.69) is 27.6 Å². The third-order valence-corrected chi connectivity index (χ3v) is 2.56. The van der Waals surface area contributed by atoms with Crippen LogP contribution in [-0.4, -0.2) is 40.1 Å². The standard InChI is InChI=1S/C12H16N2O.CH4O3S/c15-11-10-14-8-3-4-12(14)5-9-13-6-1-2-7-13;1-5(2,3)4/h1-4,6-8,15H,5,9-11H2;1H3,(H,2,3,4). The molecule has 0 unspecified atom stereocenters. The van der Waals surface area contributed by atoms with Gasteiger partial charge in [-0.15, -0.1) is 0 Å². The second-order valence-corrected chi connectivity index (χ2v) is 5.79. The van der Waals surface area contributed by atoms with Gasteiger partial charge in [-0.2, -0.15) is 8.42 Å². The Kier molecular flexibility index (Phi) is 6.50. The molecule has 0 saturated heterocycles. The summed E-state index contributed by atoms with van der Waals surface area (Å²) in [6, 6.07) is 8.21. The molecule has 0 radical (unpaired) electrons.